The molecule has 0 aliphatic carbocycles. The minimum absolute atomic E-state index is 0.0503. The van der Waals surface area contributed by atoms with Gasteiger partial charge in [-0.25, -0.2) is 0 Å². The Balaban J connectivity index is 0.000000290. The first kappa shape index (κ1) is 52.4. The summed E-state index contributed by atoms with van der Waals surface area (Å²) in [6.07, 6.45) is 14.8. The molecule has 0 bridgehead atoms. The van der Waals surface area contributed by atoms with Crippen molar-refractivity contribution in [2.24, 2.45) is 0 Å². The molecule has 6 heteroatoms. The monoisotopic (exact) mass is 875 g/mol. The van der Waals surface area contributed by atoms with Crippen LogP contribution in [0.3, 0.4) is 0 Å². The zero-order valence-corrected chi connectivity index (χ0v) is 42.0. The van der Waals surface area contributed by atoms with E-state index in [1.807, 2.05) is 66.7 Å². The number of hydrogen-bond acceptors (Lipinski definition) is 6. The van der Waals surface area contributed by atoms with Gasteiger partial charge < -0.3 is 29.5 Å². The van der Waals surface area contributed by atoms with Crippen LogP contribution in [0.25, 0.3) is 12.2 Å². The van der Waals surface area contributed by atoms with Crippen LogP contribution in [0.1, 0.15) is 176 Å². The summed E-state index contributed by atoms with van der Waals surface area (Å²) in [6, 6.07) is 26.0. The number of ether oxygens (including phenoxy) is 3. The summed E-state index contributed by atoms with van der Waals surface area (Å²) in [5, 5.41) is 31.1. The summed E-state index contributed by atoms with van der Waals surface area (Å²) in [4.78, 5) is 0. The lowest BCUT2D eigenvalue weighted by Crippen LogP contribution is -2.27. The number of aryl methyl sites for hydroxylation is 4. The SMILES string of the molecule is CCC(O)(/C=C/c1ccc(C(CC)(CC)c2ccc(O)c(C)c2)cc1C)CC.CCC(O)(/C=C/c1ccc(C(CC)(CC)c2ccc(OC[C@@H]3COC(C)(C)O3)c(C)c2)cc1C)CC. The molecule has 0 unspecified atom stereocenters. The minimum Gasteiger partial charge on any atom is -0.508 e. The Bertz CT molecular complexity index is 2180. The number of phenols is 1. The van der Waals surface area contributed by atoms with Crippen molar-refractivity contribution in [1.29, 1.82) is 0 Å². The minimum atomic E-state index is -0.740. The van der Waals surface area contributed by atoms with Crippen LogP contribution < -0.4 is 4.74 Å². The molecular formula is C58H82O6. The van der Waals surface area contributed by atoms with Crippen LogP contribution in [0.5, 0.6) is 11.5 Å². The van der Waals surface area contributed by atoms with Crippen molar-refractivity contribution < 1.29 is 29.5 Å². The van der Waals surface area contributed by atoms with E-state index in [9.17, 15) is 15.3 Å². The molecule has 0 aromatic heterocycles. The third kappa shape index (κ3) is 12.2. The van der Waals surface area contributed by atoms with Crippen molar-refractivity contribution in [1.82, 2.24) is 0 Å². The van der Waals surface area contributed by atoms with E-state index < -0.39 is 17.0 Å². The highest BCUT2D eigenvalue weighted by molar-refractivity contribution is 5.58. The van der Waals surface area contributed by atoms with Gasteiger partial charge in [-0.3, -0.25) is 0 Å². The van der Waals surface area contributed by atoms with Crippen LogP contribution >= 0.6 is 0 Å². The maximum atomic E-state index is 10.7. The molecular weight excluding hydrogens is 793 g/mol. The maximum Gasteiger partial charge on any atom is 0.163 e. The van der Waals surface area contributed by atoms with Crippen LogP contribution in [-0.2, 0) is 20.3 Å². The highest BCUT2D eigenvalue weighted by Crippen LogP contribution is 2.43. The van der Waals surface area contributed by atoms with Crippen molar-refractivity contribution in [2.75, 3.05) is 13.2 Å². The molecule has 3 N–H and O–H groups in total. The standard InChI is InChI=1S/C32H46O4.C26H36O2/c1-9-31(33,10-2)18-17-25-13-14-26(19-23(25)5)32(11-3,12-4)27-15-16-29(24(6)20-27)34-21-28-22-35-30(7,8)36-28;1-7-25(28,8-2)16-15-21-11-12-22(17-19(21)5)26(9-3,10-4)23-13-14-24(27)20(6)18-23/h13-20,28,33H,9-12,21-22H2,1-8H3;11-18,27-28H,7-10H2,1-6H3/b18-17+;16-15+/t28-;/m1./s1. The first-order valence-electron chi connectivity index (χ1n) is 24.2. The number of benzene rings is 4. The van der Waals surface area contributed by atoms with Gasteiger partial charge in [0.25, 0.3) is 0 Å². The molecule has 0 amide bonds. The van der Waals surface area contributed by atoms with E-state index in [-0.39, 0.29) is 16.9 Å². The van der Waals surface area contributed by atoms with E-state index in [2.05, 4.69) is 127 Å². The summed E-state index contributed by atoms with van der Waals surface area (Å²) in [7, 11) is 0. The van der Waals surface area contributed by atoms with Gasteiger partial charge in [0.2, 0.25) is 0 Å². The van der Waals surface area contributed by atoms with Crippen LogP contribution in [-0.4, -0.2) is 51.6 Å². The fourth-order valence-corrected chi connectivity index (χ4v) is 9.34. The van der Waals surface area contributed by atoms with E-state index >= 15 is 0 Å². The van der Waals surface area contributed by atoms with Crippen molar-refractivity contribution in [3.8, 4) is 11.5 Å². The third-order valence-corrected chi connectivity index (χ3v) is 14.6. The molecule has 1 heterocycles. The van der Waals surface area contributed by atoms with Gasteiger partial charge in [-0.05, 0) is 161 Å². The molecule has 1 saturated heterocycles. The highest BCUT2D eigenvalue weighted by atomic mass is 16.7. The third-order valence-electron chi connectivity index (χ3n) is 14.6. The zero-order valence-electron chi connectivity index (χ0n) is 42.0. The van der Waals surface area contributed by atoms with Crippen molar-refractivity contribution in [2.45, 2.75) is 182 Å². The number of rotatable bonds is 19. The topological polar surface area (TPSA) is 88.4 Å². The van der Waals surface area contributed by atoms with Crippen LogP contribution in [0.4, 0.5) is 0 Å². The normalized spacial score (nSPS) is 15.8. The second-order valence-corrected chi connectivity index (χ2v) is 18.8. The molecule has 64 heavy (non-hydrogen) atoms. The fraction of sp³-hybridized carbons (Fsp3) is 0.517. The molecule has 0 saturated carbocycles. The predicted octanol–water partition coefficient (Wildman–Crippen LogP) is 14.2. The molecule has 5 rings (SSSR count). The summed E-state index contributed by atoms with van der Waals surface area (Å²) in [6.45, 7) is 30.4. The molecule has 350 valence electrons. The molecule has 4 aromatic carbocycles. The maximum absolute atomic E-state index is 10.7. The first-order valence-corrected chi connectivity index (χ1v) is 24.2. The lowest BCUT2D eigenvalue weighted by Gasteiger charge is -2.34. The zero-order chi connectivity index (χ0) is 47.5. The molecule has 1 aliphatic rings. The first-order chi connectivity index (χ1) is 30.3. The highest BCUT2D eigenvalue weighted by Gasteiger charge is 2.35. The lowest BCUT2D eigenvalue weighted by atomic mass is 9.70. The molecule has 1 atom stereocenters. The molecule has 1 fully saturated rings. The average Bonchev–Trinajstić information content (AvgIpc) is 3.65. The lowest BCUT2D eigenvalue weighted by molar-refractivity contribution is -0.141. The van der Waals surface area contributed by atoms with E-state index in [0.717, 1.165) is 53.7 Å². The van der Waals surface area contributed by atoms with Gasteiger partial charge in [0, 0.05) is 10.8 Å². The van der Waals surface area contributed by atoms with Crippen LogP contribution in [0.15, 0.2) is 84.9 Å². The Morgan fingerprint density at radius 1 is 0.562 bits per heavy atom. The Morgan fingerprint density at radius 2 is 0.953 bits per heavy atom. The van der Waals surface area contributed by atoms with Crippen molar-refractivity contribution in [3.05, 3.63) is 141 Å². The van der Waals surface area contributed by atoms with Crippen molar-refractivity contribution in [3.63, 3.8) is 0 Å². The second-order valence-electron chi connectivity index (χ2n) is 18.8. The predicted molar refractivity (Wildman–Crippen MR) is 269 cm³/mol. The quantitative estimate of drug-likeness (QED) is 0.0870. The van der Waals surface area contributed by atoms with Crippen molar-refractivity contribution >= 4 is 12.2 Å². The molecule has 4 aromatic rings. The summed E-state index contributed by atoms with van der Waals surface area (Å²) in [5.41, 5.74) is 10.4. The Hall–Kier alpha value is -4.20. The van der Waals surface area contributed by atoms with Crippen LogP contribution in [0.2, 0.25) is 0 Å². The molecule has 0 radical (unpaired) electrons. The molecule has 1 aliphatic heterocycles. The van der Waals surface area contributed by atoms with Gasteiger partial charge in [-0.1, -0.05) is 140 Å². The van der Waals surface area contributed by atoms with E-state index in [4.69, 9.17) is 14.2 Å². The van der Waals surface area contributed by atoms with E-state index in [0.29, 0.717) is 44.6 Å². The number of hydrogen-bond donors (Lipinski definition) is 3. The van der Waals surface area contributed by atoms with Crippen LogP contribution in [0, 0.1) is 27.7 Å². The van der Waals surface area contributed by atoms with Gasteiger partial charge in [0.15, 0.2) is 5.79 Å². The number of phenolic OH excluding ortho intramolecular Hbond substituents is 1. The molecule has 6 nitrogen and oxygen atoms in total. The Morgan fingerprint density at radius 3 is 1.30 bits per heavy atom. The fourth-order valence-electron chi connectivity index (χ4n) is 9.34. The average molecular weight is 875 g/mol. The number of aromatic hydroxyl groups is 1. The summed E-state index contributed by atoms with van der Waals surface area (Å²) >= 11 is 0. The van der Waals surface area contributed by atoms with Gasteiger partial charge in [0.05, 0.1) is 17.8 Å². The second kappa shape index (κ2) is 22.3. The largest absolute Gasteiger partial charge is 0.508 e. The van der Waals surface area contributed by atoms with Gasteiger partial charge in [-0.15, -0.1) is 0 Å². The Kier molecular flexibility index (Phi) is 18.3. The van der Waals surface area contributed by atoms with E-state index in [1.54, 1.807) is 0 Å². The summed E-state index contributed by atoms with van der Waals surface area (Å²) in [5.74, 6) is 0.705. The number of aliphatic hydroxyl groups is 2. The van der Waals surface area contributed by atoms with Gasteiger partial charge >= 0.3 is 0 Å². The smallest absolute Gasteiger partial charge is 0.163 e. The van der Waals surface area contributed by atoms with Gasteiger partial charge in [0.1, 0.15) is 24.2 Å². The molecule has 0 spiro atoms. The van der Waals surface area contributed by atoms with E-state index in [1.165, 1.54) is 33.4 Å². The Labute approximate surface area is 387 Å². The van der Waals surface area contributed by atoms with Gasteiger partial charge in [-0.2, -0.15) is 0 Å². The summed E-state index contributed by atoms with van der Waals surface area (Å²) < 4.78 is 17.7.